The average molecular weight is 251 g/mol. The van der Waals surface area contributed by atoms with Crippen LogP contribution in [0.25, 0.3) is 0 Å². The van der Waals surface area contributed by atoms with Crippen molar-refractivity contribution in [2.24, 2.45) is 0 Å². The molecule has 1 aromatic rings. The first kappa shape index (κ1) is 12.2. The van der Waals surface area contributed by atoms with Gasteiger partial charge in [-0.1, -0.05) is 0 Å². The summed E-state index contributed by atoms with van der Waals surface area (Å²) in [6.45, 7) is 2.84. The lowest BCUT2D eigenvalue weighted by Gasteiger charge is -2.19. The minimum atomic E-state index is 0.219. The van der Waals surface area contributed by atoms with E-state index in [1.165, 1.54) is 11.8 Å². The van der Waals surface area contributed by atoms with Crippen LogP contribution >= 0.6 is 11.8 Å². The quantitative estimate of drug-likeness (QED) is 0.810. The van der Waals surface area contributed by atoms with Gasteiger partial charge in [-0.05, 0) is 31.9 Å². The van der Waals surface area contributed by atoms with Crippen LogP contribution in [0.5, 0.6) is 0 Å². The maximum Gasteiger partial charge on any atom is 0.233 e. The summed E-state index contributed by atoms with van der Waals surface area (Å²) in [5.74, 6) is 1.21. The first-order valence-electron chi connectivity index (χ1n) is 5.84. The molecule has 1 aliphatic rings. The monoisotopic (exact) mass is 251 g/mol. The van der Waals surface area contributed by atoms with E-state index in [2.05, 4.69) is 4.98 Å². The van der Waals surface area contributed by atoms with Crippen molar-refractivity contribution in [1.29, 1.82) is 0 Å². The van der Waals surface area contributed by atoms with E-state index >= 15 is 0 Å². The number of nitrogens with two attached hydrogens (primary N) is 1. The van der Waals surface area contributed by atoms with Gasteiger partial charge in [-0.2, -0.15) is 0 Å². The third-order valence-electron chi connectivity index (χ3n) is 2.77. The molecule has 1 aromatic heterocycles. The Morgan fingerprint density at radius 1 is 1.59 bits per heavy atom. The van der Waals surface area contributed by atoms with Gasteiger partial charge in [0.15, 0.2) is 0 Å². The Hall–Kier alpha value is -1.23. The lowest BCUT2D eigenvalue weighted by molar-refractivity contribution is -0.128. The number of anilines is 1. The Balaban J connectivity index is 1.84. The highest BCUT2D eigenvalue weighted by molar-refractivity contribution is 8.00. The Bertz CT molecular complexity index is 389. The second-order valence-electron chi connectivity index (χ2n) is 4.12. The molecular formula is C12H17N3OS. The summed E-state index contributed by atoms with van der Waals surface area (Å²) in [6.07, 6.45) is 4.03. The van der Waals surface area contributed by atoms with Gasteiger partial charge in [-0.15, -0.1) is 11.8 Å². The van der Waals surface area contributed by atoms with Crippen molar-refractivity contribution in [3.63, 3.8) is 0 Å². The molecule has 1 fully saturated rings. The third kappa shape index (κ3) is 3.36. The molecule has 2 rings (SSSR count). The van der Waals surface area contributed by atoms with Gasteiger partial charge in [0.05, 0.1) is 5.75 Å². The van der Waals surface area contributed by atoms with Gasteiger partial charge in [0, 0.05) is 23.7 Å². The zero-order valence-electron chi connectivity index (χ0n) is 9.93. The lowest BCUT2D eigenvalue weighted by atomic mass is 10.4. The number of nitrogen functional groups attached to an aromatic ring is 1. The number of aromatic nitrogens is 1. The first-order chi connectivity index (χ1) is 8.20. The topological polar surface area (TPSA) is 59.2 Å². The molecule has 17 heavy (non-hydrogen) atoms. The van der Waals surface area contributed by atoms with E-state index in [0.29, 0.717) is 17.6 Å². The molecule has 1 aliphatic carbocycles. The molecule has 92 valence electrons. The minimum absolute atomic E-state index is 0.219. The SMILES string of the molecule is CCN(C(=O)CSc1ccc(N)nc1)C1CC1. The molecule has 0 atom stereocenters. The van der Waals surface area contributed by atoms with E-state index in [9.17, 15) is 4.79 Å². The molecule has 0 bridgehead atoms. The number of nitrogens with zero attached hydrogens (tertiary/aromatic N) is 2. The second kappa shape index (κ2) is 5.40. The average Bonchev–Trinajstić information content (AvgIpc) is 3.14. The van der Waals surface area contributed by atoms with Crippen molar-refractivity contribution in [1.82, 2.24) is 9.88 Å². The Labute approximate surface area is 106 Å². The number of carbonyl (C=O) groups is 1. The van der Waals surface area contributed by atoms with Crippen molar-refractivity contribution in [3.05, 3.63) is 18.3 Å². The standard InChI is InChI=1S/C12H17N3OS/c1-2-15(9-3-4-9)12(16)8-17-10-5-6-11(13)14-7-10/h5-7,9H,2-4,8H2,1H3,(H2,13,14). The highest BCUT2D eigenvalue weighted by Crippen LogP contribution is 2.28. The summed E-state index contributed by atoms with van der Waals surface area (Å²) in [7, 11) is 0. The largest absolute Gasteiger partial charge is 0.384 e. The van der Waals surface area contributed by atoms with Crippen LogP contribution < -0.4 is 5.73 Å². The number of carbonyl (C=O) groups excluding carboxylic acids is 1. The van der Waals surface area contributed by atoms with Gasteiger partial charge in [-0.3, -0.25) is 4.79 Å². The van der Waals surface area contributed by atoms with Crippen LogP contribution in [0.4, 0.5) is 5.82 Å². The van der Waals surface area contributed by atoms with Crippen LogP contribution in [0.3, 0.4) is 0 Å². The maximum absolute atomic E-state index is 12.0. The summed E-state index contributed by atoms with van der Waals surface area (Å²) in [5, 5.41) is 0. The molecule has 0 aliphatic heterocycles. The molecule has 1 amide bonds. The molecule has 5 heteroatoms. The number of hydrogen-bond acceptors (Lipinski definition) is 4. The minimum Gasteiger partial charge on any atom is -0.384 e. The summed E-state index contributed by atoms with van der Waals surface area (Å²) < 4.78 is 0. The Morgan fingerprint density at radius 2 is 2.35 bits per heavy atom. The van der Waals surface area contributed by atoms with Crippen molar-refractivity contribution in [3.8, 4) is 0 Å². The third-order valence-corrected chi connectivity index (χ3v) is 3.74. The Morgan fingerprint density at radius 3 is 2.88 bits per heavy atom. The fourth-order valence-corrected chi connectivity index (χ4v) is 2.48. The lowest BCUT2D eigenvalue weighted by Crippen LogP contribution is -2.34. The van der Waals surface area contributed by atoms with E-state index < -0.39 is 0 Å². The fraction of sp³-hybridized carbons (Fsp3) is 0.500. The van der Waals surface area contributed by atoms with E-state index in [4.69, 9.17) is 5.73 Å². The van der Waals surface area contributed by atoms with Crippen LogP contribution in [0.15, 0.2) is 23.2 Å². The second-order valence-corrected chi connectivity index (χ2v) is 5.17. The van der Waals surface area contributed by atoms with Gasteiger partial charge in [0.25, 0.3) is 0 Å². The molecular weight excluding hydrogens is 234 g/mol. The van der Waals surface area contributed by atoms with E-state index in [1.807, 2.05) is 17.9 Å². The van der Waals surface area contributed by atoms with E-state index in [0.717, 1.165) is 24.3 Å². The van der Waals surface area contributed by atoms with Crippen LogP contribution in [-0.4, -0.2) is 34.1 Å². The molecule has 0 aromatic carbocycles. The molecule has 4 nitrogen and oxygen atoms in total. The van der Waals surface area contributed by atoms with Gasteiger partial charge in [-0.25, -0.2) is 4.98 Å². The van der Waals surface area contributed by atoms with Crippen LogP contribution in [0, 0.1) is 0 Å². The van der Waals surface area contributed by atoms with Gasteiger partial charge in [0.2, 0.25) is 5.91 Å². The van der Waals surface area contributed by atoms with Crippen LogP contribution in [-0.2, 0) is 4.79 Å². The summed E-state index contributed by atoms with van der Waals surface area (Å²) in [4.78, 5) is 18.9. The molecule has 0 saturated heterocycles. The molecule has 1 saturated carbocycles. The number of pyridine rings is 1. The van der Waals surface area contributed by atoms with E-state index in [-0.39, 0.29) is 5.91 Å². The Kier molecular flexibility index (Phi) is 3.89. The van der Waals surface area contributed by atoms with Crippen molar-refractivity contribution < 1.29 is 4.79 Å². The first-order valence-corrected chi connectivity index (χ1v) is 6.83. The highest BCUT2D eigenvalue weighted by Gasteiger charge is 2.30. The zero-order chi connectivity index (χ0) is 12.3. The maximum atomic E-state index is 12.0. The number of amides is 1. The van der Waals surface area contributed by atoms with Crippen LogP contribution in [0.1, 0.15) is 19.8 Å². The number of thioether (sulfide) groups is 1. The van der Waals surface area contributed by atoms with Crippen molar-refractivity contribution in [2.45, 2.75) is 30.7 Å². The van der Waals surface area contributed by atoms with Gasteiger partial charge >= 0.3 is 0 Å². The van der Waals surface area contributed by atoms with Crippen molar-refractivity contribution >= 4 is 23.5 Å². The van der Waals surface area contributed by atoms with Gasteiger partial charge < -0.3 is 10.6 Å². The number of hydrogen-bond donors (Lipinski definition) is 1. The zero-order valence-corrected chi connectivity index (χ0v) is 10.7. The molecule has 0 unspecified atom stereocenters. The smallest absolute Gasteiger partial charge is 0.233 e. The normalized spacial score (nSPS) is 14.6. The summed E-state index contributed by atoms with van der Waals surface area (Å²) >= 11 is 1.52. The predicted molar refractivity (Wildman–Crippen MR) is 69.8 cm³/mol. The van der Waals surface area contributed by atoms with E-state index in [1.54, 1.807) is 12.3 Å². The summed E-state index contributed by atoms with van der Waals surface area (Å²) in [5.41, 5.74) is 5.50. The highest BCUT2D eigenvalue weighted by atomic mass is 32.2. The molecule has 0 radical (unpaired) electrons. The van der Waals surface area contributed by atoms with Crippen molar-refractivity contribution in [2.75, 3.05) is 18.0 Å². The predicted octanol–water partition coefficient (Wildman–Crippen LogP) is 1.77. The fourth-order valence-electron chi connectivity index (χ4n) is 1.73. The summed E-state index contributed by atoms with van der Waals surface area (Å²) in [6, 6.07) is 4.15. The van der Waals surface area contributed by atoms with Crippen LogP contribution in [0.2, 0.25) is 0 Å². The molecule has 1 heterocycles. The number of rotatable bonds is 5. The molecule has 0 spiro atoms. The molecule has 2 N–H and O–H groups in total. The van der Waals surface area contributed by atoms with Gasteiger partial charge in [0.1, 0.15) is 5.82 Å².